The van der Waals surface area contributed by atoms with E-state index in [1.807, 2.05) is 13.8 Å². The van der Waals surface area contributed by atoms with E-state index in [4.69, 9.17) is 4.74 Å². The van der Waals surface area contributed by atoms with Gasteiger partial charge in [-0.05, 0) is 80.6 Å². The maximum absolute atomic E-state index is 13.7. The second-order valence-electron chi connectivity index (χ2n) is 9.13. The molecule has 3 rings (SSSR count). The van der Waals surface area contributed by atoms with Crippen molar-refractivity contribution in [3.63, 3.8) is 0 Å². The first-order valence-corrected chi connectivity index (χ1v) is 12.9. The number of ether oxygens (including phenoxy) is 2. The second-order valence-corrected chi connectivity index (χ2v) is 11.4. The highest BCUT2D eigenvalue weighted by molar-refractivity contribution is 7.93. The Labute approximate surface area is 207 Å². The van der Waals surface area contributed by atoms with Crippen LogP contribution >= 0.6 is 0 Å². The van der Waals surface area contributed by atoms with Crippen LogP contribution < -0.4 is 20.3 Å². The zero-order chi connectivity index (χ0) is 26.6. The van der Waals surface area contributed by atoms with Gasteiger partial charge in [0.15, 0.2) is 14.6 Å². The Morgan fingerprint density at radius 3 is 2.36 bits per heavy atom. The number of carbonyl (C=O) groups excluding carboxylic acids is 1. The number of hydrogen-bond acceptors (Lipinski definition) is 7. The second kappa shape index (κ2) is 10.7. The van der Waals surface area contributed by atoms with E-state index < -0.39 is 38.0 Å². The highest BCUT2D eigenvalue weighted by Crippen LogP contribution is 2.51. The van der Waals surface area contributed by atoms with Crippen LogP contribution in [0.5, 0.6) is 17.2 Å². The molecule has 0 aromatic heterocycles. The van der Waals surface area contributed by atoms with E-state index in [1.165, 1.54) is 36.4 Å². The van der Waals surface area contributed by atoms with Gasteiger partial charge >= 0.3 is 6.36 Å². The van der Waals surface area contributed by atoms with Crippen molar-refractivity contribution in [1.29, 1.82) is 0 Å². The normalized spacial score (nSPS) is 22.3. The summed E-state index contributed by atoms with van der Waals surface area (Å²) >= 11 is 0. The molecule has 8 nitrogen and oxygen atoms in total. The van der Waals surface area contributed by atoms with Crippen molar-refractivity contribution in [3.05, 3.63) is 48.5 Å². The maximum Gasteiger partial charge on any atom is 0.573 e. The molecule has 1 amide bonds. The molecular weight excluding hydrogens is 501 g/mol. The minimum atomic E-state index is -4.85. The molecule has 198 valence electrons. The Balaban J connectivity index is 1.83. The fourth-order valence-corrected chi connectivity index (χ4v) is 6.73. The van der Waals surface area contributed by atoms with Gasteiger partial charge < -0.3 is 14.8 Å². The molecule has 2 aromatic carbocycles. The first-order chi connectivity index (χ1) is 16.8. The quantitative estimate of drug-likeness (QED) is 0.234. The summed E-state index contributed by atoms with van der Waals surface area (Å²) in [7, 11) is -4.22. The highest BCUT2D eigenvalue weighted by atomic mass is 32.2. The molecular formula is C24H29F3N2O6S. The Morgan fingerprint density at radius 1 is 1.08 bits per heavy atom. The zero-order valence-corrected chi connectivity index (χ0v) is 20.7. The summed E-state index contributed by atoms with van der Waals surface area (Å²) in [5.41, 5.74) is 1.12. The van der Waals surface area contributed by atoms with E-state index in [0.717, 1.165) is 18.7 Å². The van der Waals surface area contributed by atoms with Crippen LogP contribution in [0.25, 0.3) is 0 Å². The minimum absolute atomic E-state index is 0.0460. The van der Waals surface area contributed by atoms with Crippen LogP contribution in [0.4, 0.5) is 13.2 Å². The lowest BCUT2D eigenvalue weighted by molar-refractivity contribution is -0.274. The van der Waals surface area contributed by atoms with E-state index in [-0.39, 0.29) is 29.2 Å². The molecule has 0 heterocycles. The third kappa shape index (κ3) is 6.11. The standard InChI is InChI=1S/C24H29F3N2O6S/c1-3-28-14-13-22(2)11-12-23(16-22,21(30)29-31)36(32,33)20-9-7-17(8-10-20)34-18-5-4-6-19(15-18)35-24(25,26)27/h4-10,15,28,31H,3,11-14,16H2,1-2H3,(H,29,30). The van der Waals surface area contributed by atoms with Crippen molar-refractivity contribution in [2.75, 3.05) is 13.1 Å². The van der Waals surface area contributed by atoms with Crippen LogP contribution in [-0.4, -0.2) is 43.7 Å². The third-order valence-corrected chi connectivity index (χ3v) is 8.89. The molecule has 36 heavy (non-hydrogen) atoms. The van der Waals surface area contributed by atoms with Crippen LogP contribution in [0.1, 0.15) is 39.5 Å². The summed E-state index contributed by atoms with van der Waals surface area (Å²) in [6, 6.07) is 10.1. The fourth-order valence-electron chi connectivity index (χ4n) is 4.58. The molecule has 0 aliphatic heterocycles. The van der Waals surface area contributed by atoms with E-state index >= 15 is 0 Å². The summed E-state index contributed by atoms with van der Waals surface area (Å²) in [6.07, 6.45) is -3.60. The van der Waals surface area contributed by atoms with Crippen molar-refractivity contribution in [2.24, 2.45) is 5.41 Å². The molecule has 2 atom stereocenters. The van der Waals surface area contributed by atoms with Gasteiger partial charge in [-0.1, -0.05) is 19.9 Å². The Morgan fingerprint density at radius 2 is 1.75 bits per heavy atom. The van der Waals surface area contributed by atoms with Gasteiger partial charge in [0.25, 0.3) is 5.91 Å². The Hall–Kier alpha value is -2.83. The van der Waals surface area contributed by atoms with Gasteiger partial charge in [0, 0.05) is 6.07 Å². The predicted molar refractivity (Wildman–Crippen MR) is 125 cm³/mol. The molecule has 12 heteroatoms. The van der Waals surface area contributed by atoms with Gasteiger partial charge in [0.1, 0.15) is 17.2 Å². The van der Waals surface area contributed by atoms with Gasteiger partial charge in [0.05, 0.1) is 4.90 Å². The third-order valence-electron chi connectivity index (χ3n) is 6.44. The van der Waals surface area contributed by atoms with Crippen LogP contribution in [-0.2, 0) is 14.6 Å². The van der Waals surface area contributed by atoms with Gasteiger partial charge in [-0.15, -0.1) is 13.2 Å². The molecule has 0 bridgehead atoms. The largest absolute Gasteiger partial charge is 0.573 e. The number of hydroxylamine groups is 1. The number of alkyl halides is 3. The highest BCUT2D eigenvalue weighted by Gasteiger charge is 2.58. The van der Waals surface area contributed by atoms with E-state index in [2.05, 4.69) is 10.1 Å². The number of nitrogens with one attached hydrogen (secondary N) is 2. The number of benzene rings is 2. The monoisotopic (exact) mass is 530 g/mol. The molecule has 0 radical (unpaired) electrons. The molecule has 2 aromatic rings. The Bertz CT molecular complexity index is 1170. The summed E-state index contributed by atoms with van der Waals surface area (Å²) < 4.78 is 72.3. The molecule has 0 saturated heterocycles. The smallest absolute Gasteiger partial charge is 0.457 e. The first-order valence-electron chi connectivity index (χ1n) is 11.4. The average Bonchev–Trinajstić information content (AvgIpc) is 3.18. The lowest BCUT2D eigenvalue weighted by Crippen LogP contribution is -2.50. The van der Waals surface area contributed by atoms with Crippen LogP contribution in [0.15, 0.2) is 53.4 Å². The van der Waals surface area contributed by atoms with Crippen molar-refractivity contribution >= 4 is 15.7 Å². The zero-order valence-electron chi connectivity index (χ0n) is 19.9. The topological polar surface area (TPSA) is 114 Å². The molecule has 2 unspecified atom stereocenters. The van der Waals surface area contributed by atoms with E-state index in [9.17, 15) is 31.6 Å². The molecule has 1 aliphatic rings. The average molecular weight is 531 g/mol. The van der Waals surface area contributed by atoms with Crippen LogP contribution in [0.3, 0.4) is 0 Å². The molecule has 0 spiro atoms. The lowest BCUT2D eigenvalue weighted by atomic mass is 9.84. The number of carbonyl (C=O) groups is 1. The minimum Gasteiger partial charge on any atom is -0.457 e. The number of hydrogen-bond donors (Lipinski definition) is 3. The Kier molecular flexibility index (Phi) is 8.21. The van der Waals surface area contributed by atoms with Crippen molar-refractivity contribution in [1.82, 2.24) is 10.8 Å². The number of halogens is 3. The van der Waals surface area contributed by atoms with Gasteiger partial charge in [-0.25, -0.2) is 13.9 Å². The summed E-state index contributed by atoms with van der Waals surface area (Å²) in [6.45, 7) is 5.33. The van der Waals surface area contributed by atoms with Crippen LogP contribution in [0, 0.1) is 5.41 Å². The number of sulfone groups is 1. The van der Waals surface area contributed by atoms with E-state index in [0.29, 0.717) is 19.4 Å². The van der Waals surface area contributed by atoms with Gasteiger partial charge in [0.2, 0.25) is 0 Å². The molecule has 3 N–H and O–H groups in total. The van der Waals surface area contributed by atoms with Crippen LogP contribution in [0.2, 0.25) is 0 Å². The number of amides is 1. The molecule has 1 aliphatic carbocycles. The van der Waals surface area contributed by atoms with Crippen molar-refractivity contribution in [2.45, 2.75) is 55.5 Å². The summed E-state index contributed by atoms with van der Waals surface area (Å²) in [5, 5.41) is 12.6. The molecule has 1 fully saturated rings. The van der Waals surface area contributed by atoms with Crippen molar-refractivity contribution < 1.29 is 41.1 Å². The SMILES string of the molecule is CCNCCC1(C)CCC(C(=O)NO)(S(=O)(=O)c2ccc(Oc3cccc(OC(F)(F)F)c3)cc2)C1. The fraction of sp³-hybridized carbons (Fsp3) is 0.458. The first kappa shape index (κ1) is 27.8. The summed E-state index contributed by atoms with van der Waals surface area (Å²) in [4.78, 5) is 12.6. The van der Waals surface area contributed by atoms with E-state index in [1.54, 1.807) is 5.48 Å². The van der Waals surface area contributed by atoms with Gasteiger partial charge in [-0.3, -0.25) is 10.0 Å². The lowest BCUT2D eigenvalue weighted by Gasteiger charge is -2.30. The maximum atomic E-state index is 13.7. The number of rotatable bonds is 10. The molecule has 1 saturated carbocycles. The summed E-state index contributed by atoms with van der Waals surface area (Å²) in [5.74, 6) is -1.22. The van der Waals surface area contributed by atoms with Gasteiger partial charge in [-0.2, -0.15) is 0 Å². The predicted octanol–water partition coefficient (Wildman–Crippen LogP) is 4.59. The van der Waals surface area contributed by atoms with Crippen molar-refractivity contribution in [3.8, 4) is 17.2 Å².